The first kappa shape index (κ1) is 16.5. The first-order valence-electron chi connectivity index (χ1n) is 7.83. The molecule has 0 bridgehead atoms. The minimum Gasteiger partial charge on any atom is -0.322 e. The van der Waals surface area contributed by atoms with E-state index in [1.165, 1.54) is 10.6 Å². The summed E-state index contributed by atoms with van der Waals surface area (Å²) < 4.78 is 25.2. The second-order valence-corrected chi connectivity index (χ2v) is 8.01. The van der Waals surface area contributed by atoms with Gasteiger partial charge in [-0.3, -0.25) is 9.10 Å². The van der Waals surface area contributed by atoms with Gasteiger partial charge in [-0.15, -0.1) is 0 Å². The molecule has 6 heteroatoms. The van der Waals surface area contributed by atoms with E-state index < -0.39 is 10.0 Å². The molecule has 0 spiro atoms. The van der Waals surface area contributed by atoms with Gasteiger partial charge in [0.2, 0.25) is 10.0 Å². The maximum Gasteiger partial charge on any atom is 0.255 e. The summed E-state index contributed by atoms with van der Waals surface area (Å²) in [6, 6.07) is 12.8. The number of carbonyl (C=O) groups is 1. The van der Waals surface area contributed by atoms with E-state index in [2.05, 4.69) is 5.32 Å². The van der Waals surface area contributed by atoms with Gasteiger partial charge >= 0.3 is 0 Å². The highest BCUT2D eigenvalue weighted by molar-refractivity contribution is 7.92. The van der Waals surface area contributed by atoms with Gasteiger partial charge in [0, 0.05) is 17.8 Å². The molecule has 0 aliphatic carbocycles. The molecule has 2 aromatic rings. The van der Waals surface area contributed by atoms with E-state index >= 15 is 0 Å². The van der Waals surface area contributed by atoms with Crippen molar-refractivity contribution in [1.82, 2.24) is 0 Å². The lowest BCUT2D eigenvalue weighted by atomic mass is 10.0. The Bertz CT molecular complexity index is 874. The Balaban J connectivity index is 1.85. The van der Waals surface area contributed by atoms with Gasteiger partial charge in [0.05, 0.1) is 11.9 Å². The Morgan fingerprint density at radius 2 is 1.83 bits per heavy atom. The lowest BCUT2D eigenvalue weighted by Crippen LogP contribution is -2.34. The smallest absolute Gasteiger partial charge is 0.255 e. The minimum atomic E-state index is -3.29. The predicted molar refractivity (Wildman–Crippen MR) is 96.1 cm³/mol. The van der Waals surface area contributed by atoms with Crippen LogP contribution in [-0.2, 0) is 16.4 Å². The molecule has 126 valence electrons. The van der Waals surface area contributed by atoms with Crippen molar-refractivity contribution in [3.8, 4) is 0 Å². The third-order valence-corrected chi connectivity index (χ3v) is 5.31. The maximum absolute atomic E-state index is 12.4. The molecule has 1 aliphatic heterocycles. The number of amides is 1. The van der Waals surface area contributed by atoms with E-state index in [1.54, 1.807) is 18.2 Å². The van der Waals surface area contributed by atoms with E-state index in [-0.39, 0.29) is 5.91 Å². The van der Waals surface area contributed by atoms with Crippen LogP contribution in [0.1, 0.15) is 27.9 Å². The van der Waals surface area contributed by atoms with Crippen molar-refractivity contribution >= 4 is 27.3 Å². The molecule has 3 rings (SSSR count). The molecule has 0 aromatic heterocycles. The van der Waals surface area contributed by atoms with Gasteiger partial charge in [-0.1, -0.05) is 17.7 Å². The molecule has 24 heavy (non-hydrogen) atoms. The molecule has 5 nitrogen and oxygen atoms in total. The van der Waals surface area contributed by atoms with Crippen LogP contribution in [0.25, 0.3) is 0 Å². The number of fused-ring (bicyclic) bond motifs is 1. The molecule has 0 atom stereocenters. The average Bonchev–Trinajstić information content (AvgIpc) is 2.55. The summed E-state index contributed by atoms with van der Waals surface area (Å²) in [6.07, 6.45) is 2.73. The minimum absolute atomic E-state index is 0.196. The number of hydrogen-bond donors (Lipinski definition) is 1. The zero-order chi connectivity index (χ0) is 17.3. The first-order valence-corrected chi connectivity index (χ1v) is 9.68. The van der Waals surface area contributed by atoms with Crippen molar-refractivity contribution in [2.45, 2.75) is 19.8 Å². The fourth-order valence-corrected chi connectivity index (χ4v) is 3.88. The zero-order valence-corrected chi connectivity index (χ0v) is 14.6. The van der Waals surface area contributed by atoms with Crippen LogP contribution >= 0.6 is 0 Å². The predicted octanol–water partition coefficient (Wildman–Crippen LogP) is 2.96. The number of nitrogens with one attached hydrogen (secondary N) is 1. The summed E-state index contributed by atoms with van der Waals surface area (Å²) >= 11 is 0. The number of aryl methyl sites for hydroxylation is 2. The first-order chi connectivity index (χ1) is 11.3. The van der Waals surface area contributed by atoms with Crippen molar-refractivity contribution in [3.63, 3.8) is 0 Å². The Hall–Kier alpha value is -2.34. The Morgan fingerprint density at radius 3 is 2.50 bits per heavy atom. The fourth-order valence-electron chi connectivity index (χ4n) is 2.89. The number of nitrogens with zero attached hydrogens (tertiary/aromatic N) is 1. The third-order valence-electron chi connectivity index (χ3n) is 4.13. The number of hydrogen-bond acceptors (Lipinski definition) is 3. The molecule has 2 aromatic carbocycles. The van der Waals surface area contributed by atoms with Crippen LogP contribution in [0.15, 0.2) is 42.5 Å². The van der Waals surface area contributed by atoms with Crippen LogP contribution < -0.4 is 9.62 Å². The van der Waals surface area contributed by atoms with Crippen LogP contribution in [0, 0.1) is 6.92 Å². The molecule has 0 unspecified atom stereocenters. The molecular weight excluding hydrogens is 324 g/mol. The van der Waals surface area contributed by atoms with Gasteiger partial charge < -0.3 is 5.32 Å². The van der Waals surface area contributed by atoms with Crippen molar-refractivity contribution in [1.29, 1.82) is 0 Å². The summed E-state index contributed by atoms with van der Waals surface area (Å²) in [4.78, 5) is 12.4. The highest BCUT2D eigenvalue weighted by Gasteiger charge is 2.24. The number of benzene rings is 2. The summed E-state index contributed by atoms with van der Waals surface area (Å²) in [5.74, 6) is -0.196. The molecule has 0 radical (unpaired) electrons. The van der Waals surface area contributed by atoms with Crippen molar-refractivity contribution < 1.29 is 13.2 Å². The van der Waals surface area contributed by atoms with Gasteiger partial charge in [-0.05, 0) is 55.7 Å². The van der Waals surface area contributed by atoms with Gasteiger partial charge in [0.25, 0.3) is 5.91 Å². The Morgan fingerprint density at radius 1 is 1.12 bits per heavy atom. The van der Waals surface area contributed by atoms with Crippen LogP contribution in [0.2, 0.25) is 0 Å². The quantitative estimate of drug-likeness (QED) is 0.931. The summed E-state index contributed by atoms with van der Waals surface area (Å²) in [5.41, 5.74) is 3.97. The van der Waals surface area contributed by atoms with Gasteiger partial charge in [0.1, 0.15) is 0 Å². The fraction of sp³-hybridized carbons (Fsp3) is 0.278. The zero-order valence-electron chi connectivity index (χ0n) is 13.7. The molecule has 0 saturated heterocycles. The molecule has 0 saturated carbocycles. The van der Waals surface area contributed by atoms with Crippen LogP contribution in [0.5, 0.6) is 0 Å². The third kappa shape index (κ3) is 3.43. The standard InChI is InChI=1S/C18H20N2O3S/c1-13-5-8-16(9-6-13)19-18(21)15-7-10-17-14(12-15)4-3-11-20(17)24(2,22)23/h5-10,12H,3-4,11H2,1-2H3,(H,19,21). The highest BCUT2D eigenvalue weighted by atomic mass is 32.2. The monoisotopic (exact) mass is 344 g/mol. The molecule has 1 aliphatic rings. The number of anilines is 2. The number of carbonyl (C=O) groups excluding carboxylic acids is 1. The van der Waals surface area contributed by atoms with Crippen molar-refractivity contribution in [3.05, 3.63) is 59.2 Å². The SMILES string of the molecule is Cc1ccc(NC(=O)c2ccc3c(c2)CCCN3S(C)(=O)=O)cc1. The average molecular weight is 344 g/mol. The number of sulfonamides is 1. The van der Waals surface area contributed by atoms with Crippen LogP contribution in [0.4, 0.5) is 11.4 Å². The second-order valence-electron chi connectivity index (χ2n) is 6.10. The van der Waals surface area contributed by atoms with E-state index in [4.69, 9.17) is 0 Å². The molecule has 1 N–H and O–H groups in total. The van der Waals surface area contributed by atoms with Crippen molar-refractivity contribution in [2.24, 2.45) is 0 Å². The topological polar surface area (TPSA) is 66.5 Å². The Labute approximate surface area is 142 Å². The van der Waals surface area contributed by atoms with Gasteiger partial charge in [0.15, 0.2) is 0 Å². The lowest BCUT2D eigenvalue weighted by Gasteiger charge is -2.29. The summed E-state index contributed by atoms with van der Waals surface area (Å²) in [7, 11) is -3.29. The normalized spacial score (nSPS) is 14.2. The van der Waals surface area contributed by atoms with Crippen LogP contribution in [-0.4, -0.2) is 27.1 Å². The summed E-state index contributed by atoms with van der Waals surface area (Å²) in [5, 5.41) is 2.86. The van der Waals surface area contributed by atoms with Crippen molar-refractivity contribution in [2.75, 3.05) is 22.4 Å². The van der Waals surface area contributed by atoms with Gasteiger partial charge in [-0.2, -0.15) is 0 Å². The van der Waals surface area contributed by atoms with Crippen LogP contribution in [0.3, 0.4) is 0 Å². The maximum atomic E-state index is 12.4. The largest absolute Gasteiger partial charge is 0.322 e. The number of rotatable bonds is 3. The second kappa shape index (κ2) is 6.28. The molecule has 1 amide bonds. The highest BCUT2D eigenvalue weighted by Crippen LogP contribution is 2.30. The Kier molecular flexibility index (Phi) is 4.32. The van der Waals surface area contributed by atoms with Gasteiger partial charge in [-0.25, -0.2) is 8.42 Å². The lowest BCUT2D eigenvalue weighted by molar-refractivity contribution is 0.102. The molecular formula is C18H20N2O3S. The van der Waals surface area contributed by atoms with E-state index in [0.29, 0.717) is 17.8 Å². The molecule has 0 fully saturated rings. The van der Waals surface area contributed by atoms with E-state index in [0.717, 1.165) is 29.7 Å². The molecule has 1 heterocycles. The summed E-state index contributed by atoms with van der Waals surface area (Å²) in [6.45, 7) is 2.48. The van der Waals surface area contributed by atoms with E-state index in [9.17, 15) is 13.2 Å². The van der Waals surface area contributed by atoms with E-state index in [1.807, 2.05) is 31.2 Å².